The van der Waals surface area contributed by atoms with Crippen molar-refractivity contribution in [1.82, 2.24) is 10.3 Å². The molecule has 0 unspecified atom stereocenters. The molecule has 1 aromatic heterocycles. The summed E-state index contributed by atoms with van der Waals surface area (Å²) in [7, 11) is 1.65. The predicted molar refractivity (Wildman–Crippen MR) is 88.6 cm³/mol. The molecule has 0 aliphatic heterocycles. The highest BCUT2D eigenvalue weighted by atomic mass is 16.5. The average molecular weight is 314 g/mol. The van der Waals surface area contributed by atoms with Crippen molar-refractivity contribution in [2.75, 3.05) is 7.11 Å². The third-order valence-corrected chi connectivity index (χ3v) is 3.77. The van der Waals surface area contributed by atoms with E-state index < -0.39 is 0 Å². The standard InChI is InChI=1S/C18H22N2O3/c1-11-16(13(3)21)12(2)20-17(11)18(22)19-9-14-6-5-7-15(8-14)10-23-4/h5-8,20H,9-10H2,1-4H3,(H,19,22). The molecule has 1 heterocycles. The topological polar surface area (TPSA) is 71.2 Å². The zero-order chi connectivity index (χ0) is 17.0. The van der Waals surface area contributed by atoms with Crippen LogP contribution in [0.3, 0.4) is 0 Å². The van der Waals surface area contributed by atoms with Gasteiger partial charge in [0.15, 0.2) is 5.78 Å². The molecule has 0 saturated carbocycles. The number of hydrogen-bond donors (Lipinski definition) is 2. The van der Waals surface area contributed by atoms with E-state index >= 15 is 0 Å². The summed E-state index contributed by atoms with van der Waals surface area (Å²) < 4.78 is 5.11. The fraction of sp³-hybridized carbons (Fsp3) is 0.333. The van der Waals surface area contributed by atoms with Crippen LogP contribution >= 0.6 is 0 Å². The molecule has 0 spiro atoms. The molecule has 0 aliphatic rings. The monoisotopic (exact) mass is 314 g/mol. The molecule has 23 heavy (non-hydrogen) atoms. The SMILES string of the molecule is COCc1cccc(CNC(=O)c2[nH]c(C)c(C(C)=O)c2C)c1. The summed E-state index contributed by atoms with van der Waals surface area (Å²) in [5, 5.41) is 2.88. The number of aryl methyl sites for hydroxylation is 1. The summed E-state index contributed by atoms with van der Waals surface area (Å²) in [6.07, 6.45) is 0. The summed E-state index contributed by atoms with van der Waals surface area (Å²) in [5.41, 5.74) is 4.52. The van der Waals surface area contributed by atoms with Crippen LogP contribution in [-0.2, 0) is 17.9 Å². The number of aromatic nitrogens is 1. The lowest BCUT2D eigenvalue weighted by Crippen LogP contribution is -2.24. The summed E-state index contributed by atoms with van der Waals surface area (Å²) in [6.45, 7) is 6.05. The highest BCUT2D eigenvalue weighted by Gasteiger charge is 2.19. The molecular weight excluding hydrogens is 292 g/mol. The molecule has 0 aliphatic carbocycles. The van der Waals surface area contributed by atoms with Gasteiger partial charge in [-0.15, -0.1) is 0 Å². The van der Waals surface area contributed by atoms with Crippen LogP contribution in [0.15, 0.2) is 24.3 Å². The van der Waals surface area contributed by atoms with Gasteiger partial charge < -0.3 is 15.0 Å². The van der Waals surface area contributed by atoms with Crippen molar-refractivity contribution < 1.29 is 14.3 Å². The van der Waals surface area contributed by atoms with Gasteiger partial charge in [0.2, 0.25) is 0 Å². The van der Waals surface area contributed by atoms with Crippen molar-refractivity contribution in [3.8, 4) is 0 Å². The first-order valence-corrected chi connectivity index (χ1v) is 7.49. The zero-order valence-electron chi connectivity index (χ0n) is 13.9. The Labute approximate surface area is 136 Å². The van der Waals surface area contributed by atoms with E-state index in [0.717, 1.165) is 16.8 Å². The number of benzene rings is 1. The van der Waals surface area contributed by atoms with E-state index in [-0.39, 0.29) is 11.7 Å². The molecule has 0 radical (unpaired) electrons. The zero-order valence-corrected chi connectivity index (χ0v) is 13.9. The molecular formula is C18H22N2O3. The van der Waals surface area contributed by atoms with E-state index in [9.17, 15) is 9.59 Å². The molecule has 1 aromatic carbocycles. The smallest absolute Gasteiger partial charge is 0.268 e. The molecule has 2 N–H and O–H groups in total. The van der Waals surface area contributed by atoms with Crippen LogP contribution in [0.1, 0.15) is 50.2 Å². The fourth-order valence-corrected chi connectivity index (χ4v) is 2.77. The number of ketones is 1. The normalized spacial score (nSPS) is 10.6. The first-order chi connectivity index (χ1) is 10.9. The number of amides is 1. The third kappa shape index (κ3) is 3.87. The molecule has 5 heteroatoms. The van der Waals surface area contributed by atoms with E-state index in [1.807, 2.05) is 24.3 Å². The number of H-pyrrole nitrogens is 1. The average Bonchev–Trinajstić information content (AvgIpc) is 2.80. The van der Waals surface area contributed by atoms with Crippen molar-refractivity contribution >= 4 is 11.7 Å². The quantitative estimate of drug-likeness (QED) is 0.805. The van der Waals surface area contributed by atoms with Gasteiger partial charge in [-0.05, 0) is 37.5 Å². The van der Waals surface area contributed by atoms with Gasteiger partial charge in [0, 0.05) is 24.9 Å². The molecule has 1 amide bonds. The van der Waals surface area contributed by atoms with Crippen molar-refractivity contribution in [2.24, 2.45) is 0 Å². The van der Waals surface area contributed by atoms with Crippen LogP contribution in [0.25, 0.3) is 0 Å². The van der Waals surface area contributed by atoms with Gasteiger partial charge in [-0.25, -0.2) is 0 Å². The Morgan fingerprint density at radius 3 is 2.52 bits per heavy atom. The number of carbonyl (C=O) groups is 2. The number of methoxy groups -OCH3 is 1. The minimum atomic E-state index is -0.213. The van der Waals surface area contributed by atoms with Gasteiger partial charge in [-0.1, -0.05) is 24.3 Å². The summed E-state index contributed by atoms with van der Waals surface area (Å²) in [6, 6.07) is 7.87. The molecule has 0 bridgehead atoms. The van der Waals surface area contributed by atoms with Crippen LogP contribution in [0, 0.1) is 13.8 Å². The Kier molecular flexibility index (Phi) is 5.34. The second-order valence-electron chi connectivity index (χ2n) is 5.62. The van der Waals surface area contributed by atoms with E-state index in [1.165, 1.54) is 6.92 Å². The van der Waals surface area contributed by atoms with Gasteiger partial charge in [0.25, 0.3) is 5.91 Å². The van der Waals surface area contributed by atoms with Crippen molar-refractivity contribution in [2.45, 2.75) is 33.9 Å². The lowest BCUT2D eigenvalue weighted by atomic mass is 10.1. The maximum absolute atomic E-state index is 12.4. The Balaban J connectivity index is 2.10. The minimum absolute atomic E-state index is 0.0393. The van der Waals surface area contributed by atoms with Crippen LogP contribution in [0.5, 0.6) is 0 Å². The number of carbonyl (C=O) groups excluding carboxylic acids is 2. The summed E-state index contributed by atoms with van der Waals surface area (Å²) >= 11 is 0. The number of rotatable bonds is 6. The van der Waals surface area contributed by atoms with E-state index in [4.69, 9.17) is 4.74 Å². The van der Waals surface area contributed by atoms with Gasteiger partial charge in [-0.2, -0.15) is 0 Å². The lowest BCUT2D eigenvalue weighted by Gasteiger charge is -2.07. The first-order valence-electron chi connectivity index (χ1n) is 7.49. The Bertz CT molecular complexity index is 732. The van der Waals surface area contributed by atoms with E-state index in [0.29, 0.717) is 30.0 Å². The number of Topliss-reactive ketones (excluding diaryl/α,β-unsaturated/α-hetero) is 1. The molecule has 2 aromatic rings. The lowest BCUT2D eigenvalue weighted by molar-refractivity contribution is 0.0945. The predicted octanol–water partition coefficient (Wildman–Crippen LogP) is 2.91. The van der Waals surface area contributed by atoms with E-state index in [1.54, 1.807) is 21.0 Å². The fourth-order valence-electron chi connectivity index (χ4n) is 2.77. The number of hydrogen-bond acceptors (Lipinski definition) is 3. The molecule has 0 atom stereocenters. The van der Waals surface area contributed by atoms with Gasteiger partial charge in [0.1, 0.15) is 5.69 Å². The molecule has 5 nitrogen and oxygen atoms in total. The van der Waals surface area contributed by atoms with Crippen LogP contribution in [-0.4, -0.2) is 23.8 Å². The molecule has 2 rings (SSSR count). The van der Waals surface area contributed by atoms with Crippen LogP contribution < -0.4 is 5.32 Å². The van der Waals surface area contributed by atoms with Crippen LogP contribution in [0.4, 0.5) is 0 Å². The summed E-state index contributed by atoms with van der Waals surface area (Å²) in [4.78, 5) is 27.0. The van der Waals surface area contributed by atoms with E-state index in [2.05, 4.69) is 10.3 Å². The van der Waals surface area contributed by atoms with Gasteiger partial charge in [-0.3, -0.25) is 9.59 Å². The molecule has 0 saturated heterocycles. The van der Waals surface area contributed by atoms with Crippen molar-refractivity contribution in [1.29, 1.82) is 0 Å². The Morgan fingerprint density at radius 2 is 1.91 bits per heavy atom. The molecule has 0 fully saturated rings. The maximum atomic E-state index is 12.4. The first kappa shape index (κ1) is 17.0. The maximum Gasteiger partial charge on any atom is 0.268 e. The molecule has 122 valence electrons. The van der Waals surface area contributed by atoms with Gasteiger partial charge >= 0.3 is 0 Å². The highest BCUT2D eigenvalue weighted by Crippen LogP contribution is 2.18. The second-order valence-corrected chi connectivity index (χ2v) is 5.62. The largest absolute Gasteiger partial charge is 0.380 e. The number of nitrogens with one attached hydrogen (secondary N) is 2. The second kappa shape index (κ2) is 7.24. The van der Waals surface area contributed by atoms with Gasteiger partial charge in [0.05, 0.1) is 6.61 Å². The Morgan fingerprint density at radius 1 is 1.22 bits per heavy atom. The minimum Gasteiger partial charge on any atom is -0.380 e. The third-order valence-electron chi connectivity index (χ3n) is 3.77. The van der Waals surface area contributed by atoms with Crippen molar-refractivity contribution in [3.63, 3.8) is 0 Å². The van der Waals surface area contributed by atoms with Crippen molar-refractivity contribution in [3.05, 3.63) is 57.9 Å². The Hall–Kier alpha value is -2.40. The van der Waals surface area contributed by atoms with Crippen LogP contribution in [0.2, 0.25) is 0 Å². The highest BCUT2D eigenvalue weighted by molar-refractivity contribution is 6.02. The number of ether oxygens (including phenoxy) is 1. The summed E-state index contributed by atoms with van der Waals surface area (Å²) in [5.74, 6) is -0.252. The number of aromatic amines is 1.